The fourth-order valence-corrected chi connectivity index (χ4v) is 9.29. The molecule has 3 aromatic heterocycles. The minimum Gasteiger partial charge on any atom is -0.453 e. The molecule has 2 saturated heterocycles. The van der Waals surface area contributed by atoms with E-state index >= 15 is 0 Å². The molecular formula is C42H52N8O6S. The number of carbonyl (C=O) groups is 4. The van der Waals surface area contributed by atoms with E-state index in [1.165, 1.54) is 14.2 Å². The number of amides is 4. The molecule has 2 fully saturated rings. The second kappa shape index (κ2) is 17.0. The number of piperidine rings is 1. The van der Waals surface area contributed by atoms with E-state index in [0.29, 0.717) is 13.1 Å². The van der Waals surface area contributed by atoms with Gasteiger partial charge in [0, 0.05) is 23.4 Å². The lowest BCUT2D eigenvalue weighted by Gasteiger charge is -2.38. The second-order valence-corrected chi connectivity index (χ2v) is 16.5. The Kier molecular flexibility index (Phi) is 11.8. The highest BCUT2D eigenvalue weighted by atomic mass is 32.1. The first-order valence-corrected chi connectivity index (χ1v) is 20.7. The van der Waals surface area contributed by atoms with E-state index in [9.17, 15) is 19.2 Å². The molecule has 0 aliphatic carbocycles. The number of imidazole rings is 2. The molecule has 0 radical (unpaired) electrons. The Morgan fingerprint density at radius 1 is 0.789 bits per heavy atom. The summed E-state index contributed by atoms with van der Waals surface area (Å²) in [6, 6.07) is 11.0. The summed E-state index contributed by atoms with van der Waals surface area (Å²) in [4.78, 5) is 73.0. The first-order chi connectivity index (χ1) is 27.5. The maximum absolute atomic E-state index is 13.9. The normalized spacial score (nSPS) is 18.8. The lowest BCUT2D eigenvalue weighted by molar-refractivity contribution is -0.139. The molecule has 57 heavy (non-hydrogen) atoms. The van der Waals surface area contributed by atoms with Gasteiger partial charge in [-0.2, -0.15) is 0 Å². The number of carbonyl (C=O) groups excluding carboxylic acids is 4. The van der Waals surface area contributed by atoms with Crippen LogP contribution in [0.3, 0.4) is 0 Å². The van der Waals surface area contributed by atoms with E-state index in [0.717, 1.165) is 92.9 Å². The van der Waals surface area contributed by atoms with Crippen molar-refractivity contribution in [3.8, 4) is 21.8 Å². The van der Waals surface area contributed by atoms with Gasteiger partial charge in [-0.1, -0.05) is 58.4 Å². The number of H-pyrrole nitrogens is 2. The van der Waals surface area contributed by atoms with E-state index in [4.69, 9.17) is 19.4 Å². The van der Waals surface area contributed by atoms with E-state index in [2.05, 4.69) is 57.0 Å². The Labute approximate surface area is 336 Å². The third-order valence-electron chi connectivity index (χ3n) is 11.5. The highest BCUT2D eigenvalue weighted by molar-refractivity contribution is 7.23. The van der Waals surface area contributed by atoms with Crippen LogP contribution in [0.25, 0.3) is 42.7 Å². The number of methoxy groups -OCH3 is 2. The molecule has 5 atom stereocenters. The van der Waals surface area contributed by atoms with Gasteiger partial charge >= 0.3 is 12.2 Å². The van der Waals surface area contributed by atoms with Crippen molar-refractivity contribution in [2.45, 2.75) is 90.4 Å². The fraction of sp³-hybridized carbons (Fsp3) is 0.476. The number of ether oxygens (including phenoxy) is 2. The van der Waals surface area contributed by atoms with Crippen molar-refractivity contribution in [1.82, 2.24) is 40.4 Å². The zero-order valence-corrected chi connectivity index (χ0v) is 34.2. The summed E-state index contributed by atoms with van der Waals surface area (Å²) in [5.74, 6) is 1.04. The number of rotatable bonds is 11. The zero-order chi connectivity index (χ0) is 40.4. The van der Waals surface area contributed by atoms with Crippen LogP contribution in [0.4, 0.5) is 9.59 Å². The average Bonchev–Trinajstić information content (AvgIpc) is 4.07. The smallest absolute Gasteiger partial charge is 0.407 e. The van der Waals surface area contributed by atoms with Crippen molar-refractivity contribution in [2.24, 2.45) is 11.8 Å². The first-order valence-electron chi connectivity index (χ1n) is 19.9. The van der Waals surface area contributed by atoms with Gasteiger partial charge in [0.2, 0.25) is 11.8 Å². The summed E-state index contributed by atoms with van der Waals surface area (Å²) in [6.07, 6.45) is 7.45. The molecule has 2 aliphatic heterocycles. The summed E-state index contributed by atoms with van der Waals surface area (Å²) >= 11 is 1.70. The average molecular weight is 797 g/mol. The molecule has 5 heterocycles. The van der Waals surface area contributed by atoms with Crippen LogP contribution in [0.15, 0.2) is 48.8 Å². The molecular weight excluding hydrogens is 745 g/mol. The van der Waals surface area contributed by atoms with Crippen LogP contribution in [0.5, 0.6) is 0 Å². The van der Waals surface area contributed by atoms with E-state index in [1.807, 2.05) is 49.9 Å². The van der Waals surface area contributed by atoms with Crippen LogP contribution in [0.1, 0.15) is 90.0 Å². The van der Waals surface area contributed by atoms with E-state index in [-0.39, 0.29) is 35.7 Å². The molecule has 2 aromatic carbocycles. The molecule has 4 amide bonds. The quantitative estimate of drug-likeness (QED) is 0.105. The van der Waals surface area contributed by atoms with Gasteiger partial charge in [0.05, 0.1) is 55.0 Å². The lowest BCUT2D eigenvalue weighted by Crippen LogP contribution is -2.53. The van der Waals surface area contributed by atoms with Crippen LogP contribution < -0.4 is 10.6 Å². The molecule has 14 nitrogen and oxygen atoms in total. The van der Waals surface area contributed by atoms with E-state index < -0.39 is 24.3 Å². The van der Waals surface area contributed by atoms with Gasteiger partial charge in [-0.25, -0.2) is 19.6 Å². The Morgan fingerprint density at radius 2 is 1.39 bits per heavy atom. The van der Waals surface area contributed by atoms with Crippen LogP contribution in [0, 0.1) is 11.8 Å². The van der Waals surface area contributed by atoms with Crippen molar-refractivity contribution in [3.63, 3.8) is 0 Å². The lowest BCUT2D eigenvalue weighted by atomic mass is 9.94. The summed E-state index contributed by atoms with van der Waals surface area (Å²) < 4.78 is 10.8. The maximum atomic E-state index is 13.9. The molecule has 15 heteroatoms. The number of hydrogen-bond acceptors (Lipinski definition) is 9. The van der Waals surface area contributed by atoms with Gasteiger partial charge in [0.25, 0.3) is 0 Å². The van der Waals surface area contributed by atoms with Gasteiger partial charge in [-0.05, 0) is 72.2 Å². The Morgan fingerprint density at radius 3 is 2.05 bits per heavy atom. The molecule has 5 unspecified atom stereocenters. The summed E-state index contributed by atoms with van der Waals surface area (Å²) in [6.45, 7) is 8.97. The number of likely N-dealkylation sites (tertiary alicyclic amines) is 2. The van der Waals surface area contributed by atoms with Crippen LogP contribution >= 0.6 is 11.3 Å². The van der Waals surface area contributed by atoms with Crippen molar-refractivity contribution >= 4 is 56.2 Å². The predicted molar refractivity (Wildman–Crippen MR) is 219 cm³/mol. The second-order valence-electron chi connectivity index (χ2n) is 15.5. The van der Waals surface area contributed by atoms with Crippen LogP contribution in [-0.2, 0) is 19.1 Å². The first kappa shape index (κ1) is 39.8. The van der Waals surface area contributed by atoms with Crippen molar-refractivity contribution < 1.29 is 28.7 Å². The number of alkyl carbamates (subject to hydrolysis) is 2. The van der Waals surface area contributed by atoms with Gasteiger partial charge in [-0.3, -0.25) is 9.59 Å². The van der Waals surface area contributed by atoms with E-state index in [1.54, 1.807) is 11.3 Å². The Hall–Kier alpha value is -5.44. The highest BCUT2D eigenvalue weighted by Crippen LogP contribution is 2.40. The number of benzene rings is 2. The Bertz CT molecular complexity index is 2260. The van der Waals surface area contributed by atoms with Gasteiger partial charge in [0.15, 0.2) is 0 Å². The van der Waals surface area contributed by atoms with Crippen molar-refractivity contribution in [2.75, 3.05) is 27.3 Å². The monoisotopic (exact) mass is 796 g/mol. The van der Waals surface area contributed by atoms with Gasteiger partial charge in [-0.15, -0.1) is 11.3 Å². The number of nitrogens with one attached hydrogen (secondary N) is 4. The Balaban J connectivity index is 1.10. The largest absolute Gasteiger partial charge is 0.453 e. The van der Waals surface area contributed by atoms with Gasteiger partial charge in [0.1, 0.15) is 23.7 Å². The SMILES string of the molecule is CCC(C)C(NC(=O)OC)C(=O)N1CCCCC1c1ncc(-c2cc3ccc4cc(-c5cnc(C6CCCN6C(=O)C(NC(=O)OC)C(C)C)[nH]5)ccc4c3s2)[nH]1. The predicted octanol–water partition coefficient (Wildman–Crippen LogP) is 7.70. The molecule has 7 rings (SSSR count). The molecule has 302 valence electrons. The number of fused-ring (bicyclic) bond motifs is 3. The summed E-state index contributed by atoms with van der Waals surface area (Å²) in [5.41, 5.74) is 2.75. The maximum Gasteiger partial charge on any atom is 0.407 e. The number of nitrogens with zero attached hydrogens (tertiary/aromatic N) is 4. The fourth-order valence-electron chi connectivity index (χ4n) is 8.13. The third-order valence-corrected chi connectivity index (χ3v) is 12.8. The van der Waals surface area contributed by atoms with Gasteiger partial charge < -0.3 is 39.9 Å². The standard InChI is InChI=1S/C42H52N8O6S/c1-7-24(4)35(48-42(54)56-6)40(52)49-17-9-8-11-31(49)38-44-22-30(46-38)33-20-27-14-13-25-19-26(15-16-28(25)36(27)57-33)29-21-43-37(45-29)32-12-10-18-50(32)39(51)34(23(2)3)47-41(53)55-5/h13-16,19-24,31-32,34-35H,7-12,17-18H2,1-6H3,(H,43,45)(H,44,46)(H,47,53)(H,48,54). The van der Waals surface area contributed by atoms with Crippen LogP contribution in [0.2, 0.25) is 0 Å². The van der Waals surface area contributed by atoms with Crippen molar-refractivity contribution in [1.29, 1.82) is 0 Å². The summed E-state index contributed by atoms with van der Waals surface area (Å²) in [5, 5.41) is 8.84. The van der Waals surface area contributed by atoms with Crippen molar-refractivity contribution in [3.05, 3.63) is 60.4 Å². The molecule has 0 saturated carbocycles. The topological polar surface area (TPSA) is 175 Å². The van der Waals surface area contributed by atoms with Crippen LogP contribution in [-0.4, -0.2) is 93.1 Å². The highest BCUT2D eigenvalue weighted by Gasteiger charge is 2.38. The molecule has 5 aromatic rings. The number of thiophene rings is 1. The molecule has 2 aliphatic rings. The number of aromatic amines is 2. The third kappa shape index (κ3) is 8.07. The zero-order valence-electron chi connectivity index (χ0n) is 33.4. The minimum atomic E-state index is -0.693. The minimum absolute atomic E-state index is 0.0604. The molecule has 0 spiro atoms. The molecule has 0 bridgehead atoms. The molecule has 4 N–H and O–H groups in total. The number of hydrogen-bond donors (Lipinski definition) is 4. The summed E-state index contributed by atoms with van der Waals surface area (Å²) in [7, 11) is 2.60. The number of aromatic nitrogens is 4.